The SMILES string of the molecule is CCc1c(F)ccc2cc(O)cc(-c3ncc4c(N5CC6CCC(C5)N6)nc(OCC5(CN6CCC7(CCC(OCC(=O)N[C@H](C(=O)N8C[C@H](O)C[C@H]8C(=O)N[C@@H](CO)c8ccc(-c9ccccc9Cl)cc8)C(C)(C)C)CC7)CC6)CC5)nc4c3F)c12. The van der Waals surface area contributed by atoms with Crippen molar-refractivity contribution < 1.29 is 48.0 Å². The molecule has 6 heterocycles. The molecule has 4 aliphatic heterocycles. The van der Waals surface area contributed by atoms with E-state index in [4.69, 9.17) is 31.0 Å². The fourth-order valence-corrected chi connectivity index (χ4v) is 14.6. The number of fused-ring (bicyclic) bond motifs is 4. The summed E-state index contributed by atoms with van der Waals surface area (Å²) in [5, 5.41) is 43.6. The number of pyridine rings is 1. The first-order valence-corrected chi connectivity index (χ1v) is 31.5. The van der Waals surface area contributed by atoms with Gasteiger partial charge in [-0.3, -0.25) is 19.4 Å². The highest BCUT2D eigenvalue weighted by molar-refractivity contribution is 6.33. The van der Waals surface area contributed by atoms with Gasteiger partial charge in [0.1, 0.15) is 47.3 Å². The lowest BCUT2D eigenvalue weighted by Crippen LogP contribution is -2.58. The van der Waals surface area contributed by atoms with Crippen LogP contribution in [0.1, 0.15) is 115 Å². The normalized spacial score (nSPS) is 22.6. The summed E-state index contributed by atoms with van der Waals surface area (Å²) in [6, 6.07) is 18.6. The minimum absolute atomic E-state index is 0.00756. The Balaban J connectivity index is 0.638. The number of likely N-dealkylation sites (tertiary alicyclic amines) is 2. The minimum Gasteiger partial charge on any atom is -0.508 e. The lowest BCUT2D eigenvalue weighted by Gasteiger charge is -2.46. The van der Waals surface area contributed by atoms with Crippen LogP contribution < -0.4 is 25.6 Å². The number of piperidine rings is 1. The van der Waals surface area contributed by atoms with Crippen molar-refractivity contribution in [1.82, 2.24) is 40.7 Å². The number of aliphatic hydroxyl groups excluding tert-OH is 2. The second-order valence-electron chi connectivity index (χ2n) is 26.7. The Labute approximate surface area is 511 Å². The number of nitrogens with zero attached hydrogens (tertiary/aromatic N) is 6. The maximum atomic E-state index is 17.3. The van der Waals surface area contributed by atoms with Gasteiger partial charge in [0.05, 0.1) is 36.8 Å². The summed E-state index contributed by atoms with van der Waals surface area (Å²) in [6.07, 6.45) is 10.7. The van der Waals surface area contributed by atoms with E-state index < -0.39 is 65.6 Å². The molecule has 462 valence electrons. The molecule has 6 aliphatic rings. The summed E-state index contributed by atoms with van der Waals surface area (Å²) in [5.74, 6) is -2.03. The van der Waals surface area contributed by atoms with Crippen LogP contribution in [-0.2, 0) is 25.5 Å². The molecular formula is C67H80ClF2N9O8. The van der Waals surface area contributed by atoms with E-state index in [1.807, 2.05) is 76.2 Å². The van der Waals surface area contributed by atoms with E-state index in [9.17, 15) is 29.7 Å². The smallest absolute Gasteiger partial charge is 0.319 e. The third-order valence-electron chi connectivity index (χ3n) is 19.6. The maximum absolute atomic E-state index is 17.3. The van der Waals surface area contributed by atoms with Gasteiger partial charge in [-0.1, -0.05) is 87.8 Å². The van der Waals surface area contributed by atoms with Gasteiger partial charge in [0.15, 0.2) is 5.82 Å². The molecular weight excluding hydrogens is 1130 g/mol. The fourth-order valence-electron chi connectivity index (χ4n) is 14.4. The number of carbonyl (C=O) groups excluding carboxylic acids is 3. The van der Waals surface area contributed by atoms with Crippen LogP contribution in [0.4, 0.5) is 14.6 Å². The number of aryl methyl sites for hydroxylation is 1. The number of β-amino-alcohol motifs (C(OH)–C–C–N with tert-alkyl or cyclic N) is 1. The first-order chi connectivity index (χ1) is 41.8. The Morgan fingerprint density at radius 3 is 2.29 bits per heavy atom. The highest BCUT2D eigenvalue weighted by Crippen LogP contribution is 2.50. The van der Waals surface area contributed by atoms with Crippen LogP contribution in [0.5, 0.6) is 11.8 Å². The number of hydrogen-bond acceptors (Lipinski definition) is 14. The highest BCUT2D eigenvalue weighted by atomic mass is 35.5. The van der Waals surface area contributed by atoms with Crippen molar-refractivity contribution in [2.24, 2.45) is 16.2 Å². The molecule has 2 aromatic heterocycles. The second kappa shape index (κ2) is 24.8. The predicted molar refractivity (Wildman–Crippen MR) is 329 cm³/mol. The maximum Gasteiger partial charge on any atom is 0.319 e. The number of ether oxygens (including phenoxy) is 2. The third kappa shape index (κ3) is 12.8. The Bertz CT molecular complexity index is 3540. The molecule has 6 aromatic rings. The average molecular weight is 1210 g/mol. The van der Waals surface area contributed by atoms with E-state index in [2.05, 4.69) is 30.7 Å². The van der Waals surface area contributed by atoms with Crippen LogP contribution in [-0.4, -0.2) is 153 Å². The van der Waals surface area contributed by atoms with Crippen molar-refractivity contribution in [3.05, 3.63) is 107 Å². The number of carbonyl (C=O) groups is 3. The standard InChI is InChI=1S/C67H80ClF2N9O8/c1-5-47-52(69)17-14-41-28-44(81)29-49(56(41)47)58-57(70)59-50(31-71-58)61(78-32-42-15-16-43(33-78)72-42)76-64(75-59)87-38-67(22-23-67)37-77-26-24-66(25-27-77)20-18-46(19-21-66)86-36-55(83)74-60(65(2,3)4)63(85)79-34-45(82)30-54(79)62(84)73-53(35-80)40-12-10-39(11-13-40)48-8-6-7-9-51(48)68/h6-14,17,28-29,31,42-43,45-46,53-54,60,72,80-82H,5,15-16,18-27,30,32-38H2,1-4H3,(H,73,84)(H,74,83)/t42?,43?,45-,53+,54+,60-/m1/s1. The molecule has 6 N–H and O–H groups in total. The van der Waals surface area contributed by atoms with Crippen molar-refractivity contribution in [2.45, 2.75) is 147 Å². The van der Waals surface area contributed by atoms with Gasteiger partial charge in [-0.25, -0.2) is 8.78 Å². The van der Waals surface area contributed by atoms with E-state index >= 15 is 8.78 Å². The fraction of sp³-hybridized carbons (Fsp3) is 0.522. The summed E-state index contributed by atoms with van der Waals surface area (Å²) in [4.78, 5) is 62.4. The lowest BCUT2D eigenvalue weighted by molar-refractivity contribution is -0.145. The summed E-state index contributed by atoms with van der Waals surface area (Å²) < 4.78 is 45.4. The third-order valence-corrected chi connectivity index (χ3v) is 19.9. The number of phenols is 1. The van der Waals surface area contributed by atoms with Crippen LogP contribution in [0.3, 0.4) is 0 Å². The molecule has 1 spiro atoms. The summed E-state index contributed by atoms with van der Waals surface area (Å²) in [6.45, 7) is 11.2. The van der Waals surface area contributed by atoms with Gasteiger partial charge in [-0.2, -0.15) is 9.97 Å². The van der Waals surface area contributed by atoms with Crippen molar-refractivity contribution in [1.29, 1.82) is 0 Å². The first kappa shape index (κ1) is 60.7. The van der Waals surface area contributed by atoms with Crippen molar-refractivity contribution in [3.63, 3.8) is 0 Å². The number of piperazine rings is 1. The lowest BCUT2D eigenvalue weighted by atomic mass is 9.67. The second-order valence-corrected chi connectivity index (χ2v) is 27.1. The number of anilines is 1. The number of rotatable bonds is 18. The summed E-state index contributed by atoms with van der Waals surface area (Å²) >= 11 is 6.42. The van der Waals surface area contributed by atoms with E-state index in [1.54, 1.807) is 18.3 Å². The van der Waals surface area contributed by atoms with Crippen molar-refractivity contribution in [3.8, 4) is 34.1 Å². The van der Waals surface area contributed by atoms with Gasteiger partial charge in [0, 0.05) is 72.4 Å². The van der Waals surface area contributed by atoms with E-state index in [0.29, 0.717) is 64.2 Å². The van der Waals surface area contributed by atoms with Crippen LogP contribution in [0.25, 0.3) is 44.1 Å². The molecule has 2 aliphatic carbocycles. The molecule has 4 saturated heterocycles. The van der Waals surface area contributed by atoms with E-state index in [1.165, 1.54) is 17.0 Å². The van der Waals surface area contributed by atoms with Gasteiger partial charge in [0.2, 0.25) is 17.7 Å². The number of halogens is 3. The number of nitrogens with one attached hydrogen (secondary N) is 3. The van der Waals surface area contributed by atoms with Crippen molar-refractivity contribution >= 4 is 56.8 Å². The molecule has 2 unspecified atom stereocenters. The molecule has 6 atom stereocenters. The molecule has 12 rings (SSSR count). The van der Waals surface area contributed by atoms with Gasteiger partial charge in [0.25, 0.3) is 0 Å². The largest absolute Gasteiger partial charge is 0.508 e. The monoisotopic (exact) mass is 1210 g/mol. The zero-order chi connectivity index (χ0) is 60.9. The molecule has 3 amide bonds. The van der Waals surface area contributed by atoms with Crippen LogP contribution >= 0.6 is 11.6 Å². The number of aromatic hydroxyl groups is 1. The Hall–Kier alpha value is -6.61. The number of benzene rings is 4. The molecule has 0 radical (unpaired) electrons. The van der Waals surface area contributed by atoms with E-state index in [0.717, 1.165) is 95.0 Å². The van der Waals surface area contributed by atoms with Gasteiger partial charge in [-0.15, -0.1) is 0 Å². The molecule has 4 aromatic carbocycles. The molecule has 2 saturated carbocycles. The van der Waals surface area contributed by atoms with Crippen LogP contribution in [0, 0.1) is 27.9 Å². The molecule has 2 bridgehead atoms. The molecule has 6 fully saturated rings. The quantitative estimate of drug-likeness (QED) is 0.0474. The number of aliphatic hydroxyl groups is 2. The van der Waals surface area contributed by atoms with Crippen LogP contribution in [0.15, 0.2) is 79.0 Å². The topological polar surface area (TPSA) is 215 Å². The Morgan fingerprint density at radius 2 is 1.61 bits per heavy atom. The van der Waals surface area contributed by atoms with Crippen LogP contribution in [0.2, 0.25) is 5.02 Å². The molecule has 20 heteroatoms. The van der Waals surface area contributed by atoms with E-state index in [-0.39, 0.29) is 77.1 Å². The average Bonchev–Trinajstić information content (AvgIpc) is 2.03. The zero-order valence-corrected chi connectivity index (χ0v) is 50.9. The summed E-state index contributed by atoms with van der Waals surface area (Å²) in [7, 11) is 0. The summed E-state index contributed by atoms with van der Waals surface area (Å²) in [5.41, 5.74) is 2.46. The van der Waals surface area contributed by atoms with Gasteiger partial charge < -0.3 is 55.4 Å². The zero-order valence-electron chi connectivity index (χ0n) is 50.1. The predicted octanol–water partition coefficient (Wildman–Crippen LogP) is 9.20. The van der Waals surface area contributed by atoms with Gasteiger partial charge in [-0.05, 0) is 146 Å². The number of phenolic OH excluding ortho intramolecular Hbond substituents is 1. The minimum atomic E-state index is -1.02. The first-order valence-electron chi connectivity index (χ1n) is 31.1. The molecule has 87 heavy (non-hydrogen) atoms. The Morgan fingerprint density at radius 1 is 0.885 bits per heavy atom. The number of aromatic nitrogens is 3. The van der Waals surface area contributed by atoms with Crippen molar-refractivity contribution in [2.75, 3.05) is 64.0 Å². The number of amides is 3. The van der Waals surface area contributed by atoms with Gasteiger partial charge >= 0.3 is 6.01 Å². The Kier molecular flexibility index (Phi) is 17.3. The number of hydrogen-bond donors (Lipinski definition) is 6. The highest BCUT2D eigenvalue weighted by Gasteiger charge is 2.48. The molecule has 17 nitrogen and oxygen atoms in total.